The highest BCUT2D eigenvalue weighted by Crippen LogP contribution is 2.52. The summed E-state index contributed by atoms with van der Waals surface area (Å²) < 4.78 is 9.84. The number of hydrogen-bond donors (Lipinski definition) is 0. The van der Waals surface area contributed by atoms with Crippen LogP contribution in [0.25, 0.3) is 87.2 Å². The van der Waals surface area contributed by atoms with Crippen LogP contribution in [-0.2, 0) is 10.8 Å². The van der Waals surface area contributed by atoms with Crippen molar-refractivity contribution in [3.63, 3.8) is 0 Å². The summed E-state index contributed by atoms with van der Waals surface area (Å²) in [6, 6.07) is 53.0. The van der Waals surface area contributed by atoms with Gasteiger partial charge < -0.3 is 13.8 Å². The Labute approximate surface area is 362 Å². The third-order valence-corrected chi connectivity index (χ3v) is 14.6. The molecule has 0 spiro atoms. The van der Waals surface area contributed by atoms with E-state index in [9.17, 15) is 0 Å². The van der Waals surface area contributed by atoms with Crippen molar-refractivity contribution in [2.75, 3.05) is 4.90 Å². The third-order valence-electron chi connectivity index (χ3n) is 14.6. The zero-order valence-corrected chi connectivity index (χ0v) is 36.7. The average molecular weight is 799 g/mol. The molecule has 2 aromatic heterocycles. The number of para-hydroxylation sites is 2. The second-order valence-electron chi connectivity index (χ2n) is 20.2. The quantitative estimate of drug-likeness (QED) is 0.122. The molecule has 0 saturated heterocycles. The second kappa shape index (κ2) is 12.0. The van der Waals surface area contributed by atoms with Crippen LogP contribution in [0.3, 0.4) is 0 Å². The number of hydrogen-bond acceptors (Lipinski definition) is 2. The van der Waals surface area contributed by atoms with E-state index in [0.717, 1.165) is 21.9 Å². The molecule has 0 fully saturated rings. The van der Waals surface area contributed by atoms with Crippen molar-refractivity contribution in [2.45, 2.75) is 66.2 Å². The molecule has 3 nitrogen and oxygen atoms in total. The first-order valence-electron chi connectivity index (χ1n) is 22.2. The van der Waals surface area contributed by atoms with Gasteiger partial charge in [0.05, 0.1) is 0 Å². The molecule has 0 saturated carbocycles. The smallest absolute Gasteiger partial charge is 0.333 e. The molecule has 0 amide bonds. The van der Waals surface area contributed by atoms with Crippen LogP contribution in [0.4, 0.5) is 17.1 Å². The molecule has 298 valence electrons. The minimum atomic E-state index is -0.122. The van der Waals surface area contributed by atoms with Crippen LogP contribution in [0.2, 0.25) is 0 Å². The van der Waals surface area contributed by atoms with Crippen molar-refractivity contribution < 1.29 is 4.42 Å². The highest BCUT2D eigenvalue weighted by atomic mass is 16.3. The Balaban J connectivity index is 1.29. The van der Waals surface area contributed by atoms with Gasteiger partial charge in [0, 0.05) is 60.8 Å². The van der Waals surface area contributed by atoms with Gasteiger partial charge in [-0.15, -0.1) is 0 Å². The number of aromatic nitrogens is 1. The van der Waals surface area contributed by atoms with Crippen molar-refractivity contribution in [1.82, 2.24) is 4.48 Å². The summed E-state index contributed by atoms with van der Waals surface area (Å²) in [4.78, 5) is 2.63. The number of fused-ring (bicyclic) bond motifs is 15. The minimum Gasteiger partial charge on any atom is -0.455 e. The van der Waals surface area contributed by atoms with Gasteiger partial charge in [0.1, 0.15) is 11.2 Å². The standard InChI is InChI=1S/C58H47BN2O/c1-32-38-18-11-12-19-39(38)33(2)44-30-49-47(29-43(32)44)59-54-50(60(49)37-27-35(57(3,4)5)26-36(28-37)58(6,7)8)31-45-41-21-14-16-24-51(41)62-56(45)53(54)46-25-34-17-9-10-20-40(34)52-42-22-13-15-23-48(42)61(59)55(46)52/h9-31H,1-8H3. The van der Waals surface area contributed by atoms with Crippen molar-refractivity contribution in [3.8, 4) is 11.1 Å². The number of anilines is 3. The maximum atomic E-state index is 7.14. The number of benzene rings is 9. The van der Waals surface area contributed by atoms with Gasteiger partial charge in [-0.25, -0.2) is 0 Å². The first kappa shape index (κ1) is 35.9. The first-order chi connectivity index (χ1) is 29.9. The summed E-state index contributed by atoms with van der Waals surface area (Å²) in [7, 11) is 0. The van der Waals surface area contributed by atoms with E-state index in [1.54, 1.807) is 0 Å². The Bertz CT molecular complexity index is 3780. The minimum absolute atomic E-state index is 0.0625. The molecule has 9 aromatic carbocycles. The number of furan rings is 1. The van der Waals surface area contributed by atoms with Gasteiger partial charge in [-0.1, -0.05) is 139 Å². The van der Waals surface area contributed by atoms with Crippen molar-refractivity contribution in [1.29, 1.82) is 0 Å². The molecule has 0 aliphatic carbocycles. The number of rotatable bonds is 1. The van der Waals surface area contributed by atoms with Gasteiger partial charge in [-0.05, 0) is 133 Å². The van der Waals surface area contributed by atoms with Gasteiger partial charge in [-0.2, -0.15) is 0 Å². The molecular formula is C58H47BN2O. The molecule has 0 unspecified atom stereocenters. The molecule has 13 rings (SSSR count). The normalized spacial score (nSPS) is 13.7. The fraction of sp³-hybridized carbons (Fsp3) is 0.172. The van der Waals surface area contributed by atoms with Gasteiger partial charge in [0.15, 0.2) is 0 Å². The lowest BCUT2D eigenvalue weighted by molar-refractivity contribution is 0.569. The lowest BCUT2D eigenvalue weighted by Crippen LogP contribution is -2.56. The maximum Gasteiger partial charge on any atom is 0.333 e. The van der Waals surface area contributed by atoms with Gasteiger partial charge in [0.2, 0.25) is 0 Å². The van der Waals surface area contributed by atoms with Gasteiger partial charge in [0.25, 0.3) is 0 Å². The molecular weight excluding hydrogens is 751 g/mol. The van der Waals surface area contributed by atoms with Crippen LogP contribution < -0.4 is 15.8 Å². The van der Waals surface area contributed by atoms with Crippen LogP contribution in [0.5, 0.6) is 0 Å². The fourth-order valence-corrected chi connectivity index (χ4v) is 11.4. The van der Waals surface area contributed by atoms with Crippen LogP contribution >= 0.6 is 0 Å². The molecule has 0 bridgehead atoms. The molecule has 4 heteroatoms. The van der Waals surface area contributed by atoms with Crippen LogP contribution in [0.1, 0.15) is 63.8 Å². The molecule has 0 atom stereocenters. The Hall–Kier alpha value is -6.78. The van der Waals surface area contributed by atoms with E-state index in [1.165, 1.54) is 115 Å². The van der Waals surface area contributed by atoms with Crippen molar-refractivity contribution >= 4 is 111 Å². The molecule has 0 N–H and O–H groups in total. The highest BCUT2D eigenvalue weighted by Gasteiger charge is 2.45. The fourth-order valence-electron chi connectivity index (χ4n) is 11.4. The van der Waals surface area contributed by atoms with Gasteiger partial charge in [-0.3, -0.25) is 0 Å². The Kier molecular flexibility index (Phi) is 6.94. The molecule has 11 aromatic rings. The molecule has 0 radical (unpaired) electrons. The molecule has 2 aliphatic rings. The van der Waals surface area contributed by atoms with E-state index in [4.69, 9.17) is 4.42 Å². The highest BCUT2D eigenvalue weighted by molar-refractivity contribution is 6.90. The average Bonchev–Trinajstić information content (AvgIpc) is 3.82. The van der Waals surface area contributed by atoms with Gasteiger partial charge >= 0.3 is 6.85 Å². The molecule has 62 heavy (non-hydrogen) atoms. The largest absolute Gasteiger partial charge is 0.455 e. The lowest BCUT2D eigenvalue weighted by atomic mass is 9.44. The summed E-state index contributed by atoms with van der Waals surface area (Å²) in [6.45, 7) is 18.6. The van der Waals surface area contributed by atoms with Crippen molar-refractivity contribution in [2.24, 2.45) is 0 Å². The van der Waals surface area contributed by atoms with E-state index in [2.05, 4.69) is 204 Å². The summed E-state index contributed by atoms with van der Waals surface area (Å²) in [6.07, 6.45) is 0. The predicted molar refractivity (Wildman–Crippen MR) is 267 cm³/mol. The first-order valence-corrected chi connectivity index (χ1v) is 22.2. The maximum absolute atomic E-state index is 7.14. The third kappa shape index (κ3) is 4.62. The van der Waals surface area contributed by atoms with E-state index in [-0.39, 0.29) is 17.7 Å². The Morgan fingerprint density at radius 3 is 1.79 bits per heavy atom. The van der Waals surface area contributed by atoms with E-state index in [0.29, 0.717) is 0 Å². The number of nitrogens with zero attached hydrogens (tertiary/aromatic N) is 2. The molecule has 2 aliphatic heterocycles. The van der Waals surface area contributed by atoms with Crippen LogP contribution in [-0.4, -0.2) is 11.3 Å². The monoisotopic (exact) mass is 798 g/mol. The Morgan fingerprint density at radius 1 is 0.516 bits per heavy atom. The van der Waals surface area contributed by atoms with E-state index >= 15 is 0 Å². The van der Waals surface area contributed by atoms with Crippen LogP contribution in [0.15, 0.2) is 144 Å². The topological polar surface area (TPSA) is 21.3 Å². The van der Waals surface area contributed by atoms with E-state index in [1.807, 2.05) is 0 Å². The number of aryl methyl sites for hydroxylation is 2. The second-order valence-corrected chi connectivity index (χ2v) is 20.2. The lowest BCUT2D eigenvalue weighted by Gasteiger charge is -2.41. The summed E-state index contributed by atoms with van der Waals surface area (Å²) in [5.41, 5.74) is 18.3. The summed E-state index contributed by atoms with van der Waals surface area (Å²) in [5.74, 6) is 0. The zero-order valence-electron chi connectivity index (χ0n) is 36.7. The SMILES string of the molecule is Cc1c2ccccc2c(C)c2cc3c(cc12)B1c2c(cc4c(oc5ccccc54)c2-c2cc4ccccc4c4c5ccccc5n1c24)N3c1cc(C(C)(C)C)cc(C(C)(C)C)c1. The zero-order chi connectivity index (χ0) is 42.1. The summed E-state index contributed by atoms with van der Waals surface area (Å²) in [5, 5.41) is 12.6. The summed E-state index contributed by atoms with van der Waals surface area (Å²) >= 11 is 0. The van der Waals surface area contributed by atoms with Crippen molar-refractivity contribution in [3.05, 3.63) is 162 Å². The van der Waals surface area contributed by atoms with Crippen LogP contribution in [0, 0.1) is 13.8 Å². The molecule has 4 heterocycles. The Morgan fingerprint density at radius 2 is 1.10 bits per heavy atom. The van der Waals surface area contributed by atoms with E-state index < -0.39 is 0 Å². The predicted octanol–water partition coefficient (Wildman–Crippen LogP) is 14.8.